The van der Waals surface area contributed by atoms with Gasteiger partial charge in [-0.15, -0.1) is 0 Å². The highest BCUT2D eigenvalue weighted by Gasteiger charge is 2.21. The molecule has 0 saturated carbocycles. The molecule has 114 valence electrons. The van der Waals surface area contributed by atoms with Crippen molar-refractivity contribution in [1.29, 1.82) is 0 Å². The van der Waals surface area contributed by atoms with Crippen LogP contribution in [-0.2, 0) is 6.42 Å². The Morgan fingerprint density at radius 2 is 1.59 bits per heavy atom. The summed E-state index contributed by atoms with van der Waals surface area (Å²) in [5.74, 6) is 1.17. The summed E-state index contributed by atoms with van der Waals surface area (Å²) in [6, 6.07) is 19.4. The number of rotatable bonds is 3. The molecule has 0 aliphatic rings. The molecule has 0 spiro atoms. The molecule has 1 aromatic heterocycles. The second-order valence-corrected chi connectivity index (χ2v) is 7.21. The summed E-state index contributed by atoms with van der Waals surface area (Å²) in [5, 5.41) is 0. The molecule has 0 N–H and O–H groups in total. The normalized spacial score (nSPS) is 13.5. The number of imidazole rings is 1. The summed E-state index contributed by atoms with van der Waals surface area (Å²) < 4.78 is 2.40. The third kappa shape index (κ3) is 2.92. The highest BCUT2D eigenvalue weighted by Crippen LogP contribution is 2.29. The van der Waals surface area contributed by atoms with Crippen LogP contribution in [0.15, 0.2) is 54.6 Å². The van der Waals surface area contributed by atoms with E-state index in [1.807, 2.05) is 0 Å². The van der Waals surface area contributed by atoms with Crippen molar-refractivity contribution in [3.05, 3.63) is 66.0 Å². The van der Waals surface area contributed by atoms with Crippen LogP contribution in [0.4, 0.5) is 0 Å². The van der Waals surface area contributed by atoms with Crippen LogP contribution < -0.4 is 0 Å². The third-order valence-electron chi connectivity index (χ3n) is 4.03. The minimum absolute atomic E-state index is 0.218. The van der Waals surface area contributed by atoms with Gasteiger partial charge in [0.15, 0.2) is 0 Å². The number of fused-ring (bicyclic) bond motifs is 1. The predicted molar refractivity (Wildman–Crippen MR) is 93.1 cm³/mol. The highest BCUT2D eigenvalue weighted by atomic mass is 15.1. The monoisotopic (exact) mass is 292 g/mol. The molecule has 3 aromatic rings. The second kappa shape index (κ2) is 5.60. The van der Waals surface area contributed by atoms with E-state index in [0.29, 0.717) is 0 Å². The van der Waals surface area contributed by atoms with Gasteiger partial charge in [-0.25, -0.2) is 4.98 Å². The summed E-state index contributed by atoms with van der Waals surface area (Å²) in [5.41, 5.74) is 3.85. The van der Waals surface area contributed by atoms with Crippen molar-refractivity contribution >= 4 is 11.0 Å². The lowest BCUT2D eigenvalue weighted by atomic mass is 9.91. The van der Waals surface area contributed by atoms with E-state index in [1.165, 1.54) is 16.9 Å². The van der Waals surface area contributed by atoms with Crippen molar-refractivity contribution in [2.24, 2.45) is 5.41 Å². The Morgan fingerprint density at radius 1 is 0.955 bits per heavy atom. The van der Waals surface area contributed by atoms with Crippen LogP contribution in [0.3, 0.4) is 0 Å². The van der Waals surface area contributed by atoms with E-state index in [2.05, 4.69) is 86.9 Å². The molecule has 2 nitrogen and oxygen atoms in total. The van der Waals surface area contributed by atoms with E-state index in [9.17, 15) is 0 Å². The third-order valence-corrected chi connectivity index (χ3v) is 4.03. The van der Waals surface area contributed by atoms with E-state index < -0.39 is 0 Å². The van der Waals surface area contributed by atoms with Crippen molar-refractivity contribution in [1.82, 2.24) is 9.55 Å². The number of hydrogen-bond donors (Lipinski definition) is 0. The van der Waals surface area contributed by atoms with Gasteiger partial charge in [-0.2, -0.15) is 0 Å². The van der Waals surface area contributed by atoms with Crippen molar-refractivity contribution in [3.8, 4) is 0 Å². The van der Waals surface area contributed by atoms with E-state index >= 15 is 0 Å². The van der Waals surface area contributed by atoms with Crippen molar-refractivity contribution in [3.63, 3.8) is 0 Å². The van der Waals surface area contributed by atoms with Crippen molar-refractivity contribution in [2.75, 3.05) is 0 Å². The molecular formula is C20H24N2. The maximum Gasteiger partial charge on any atom is 0.110 e. The molecule has 0 radical (unpaired) electrons. The van der Waals surface area contributed by atoms with Gasteiger partial charge in [0.05, 0.1) is 17.1 Å². The summed E-state index contributed by atoms with van der Waals surface area (Å²) in [6.45, 7) is 9.06. The Labute approximate surface area is 132 Å². The first-order chi connectivity index (χ1) is 10.5. The molecule has 3 rings (SSSR count). The molecule has 22 heavy (non-hydrogen) atoms. The molecular weight excluding hydrogens is 268 g/mol. The minimum Gasteiger partial charge on any atom is -0.321 e. The molecule has 2 aromatic carbocycles. The smallest absolute Gasteiger partial charge is 0.110 e. The quantitative estimate of drug-likeness (QED) is 0.646. The first kappa shape index (κ1) is 14.8. The SMILES string of the molecule is C[C@@H](c1ccccc1)n1c(CC(C)(C)C)nc2ccccc21. The van der Waals surface area contributed by atoms with Crippen LogP contribution in [0, 0.1) is 5.41 Å². The number of benzene rings is 2. The highest BCUT2D eigenvalue weighted by molar-refractivity contribution is 5.76. The molecule has 0 aliphatic heterocycles. The van der Waals surface area contributed by atoms with Gasteiger partial charge >= 0.3 is 0 Å². The number of nitrogens with zero attached hydrogens (tertiary/aromatic N) is 2. The van der Waals surface area contributed by atoms with Crippen molar-refractivity contribution < 1.29 is 0 Å². The fourth-order valence-corrected chi connectivity index (χ4v) is 3.01. The molecule has 2 heteroatoms. The van der Waals surface area contributed by atoms with Gasteiger partial charge in [0.1, 0.15) is 5.82 Å². The first-order valence-corrected chi connectivity index (χ1v) is 7.96. The average Bonchev–Trinajstić information content (AvgIpc) is 2.83. The summed E-state index contributed by atoms with van der Waals surface area (Å²) >= 11 is 0. The second-order valence-electron chi connectivity index (χ2n) is 7.21. The zero-order valence-corrected chi connectivity index (χ0v) is 13.9. The lowest BCUT2D eigenvalue weighted by Crippen LogP contribution is -2.17. The molecule has 0 aliphatic carbocycles. The molecule has 0 unspecified atom stereocenters. The Balaban J connectivity index is 2.15. The van der Waals surface area contributed by atoms with Crippen LogP contribution in [0.25, 0.3) is 11.0 Å². The van der Waals surface area contributed by atoms with E-state index in [-0.39, 0.29) is 11.5 Å². The van der Waals surface area contributed by atoms with Crippen LogP contribution in [-0.4, -0.2) is 9.55 Å². The largest absolute Gasteiger partial charge is 0.321 e. The fraction of sp³-hybridized carbons (Fsp3) is 0.350. The first-order valence-electron chi connectivity index (χ1n) is 7.96. The van der Waals surface area contributed by atoms with E-state index in [4.69, 9.17) is 4.98 Å². The zero-order valence-electron chi connectivity index (χ0n) is 13.9. The van der Waals surface area contributed by atoms with Crippen LogP contribution in [0.1, 0.15) is 45.1 Å². The van der Waals surface area contributed by atoms with Crippen LogP contribution in [0.2, 0.25) is 0 Å². The topological polar surface area (TPSA) is 17.8 Å². The molecule has 1 atom stereocenters. The fourth-order valence-electron chi connectivity index (χ4n) is 3.01. The Morgan fingerprint density at radius 3 is 2.27 bits per heavy atom. The Hall–Kier alpha value is -2.09. The van der Waals surface area contributed by atoms with Crippen LogP contribution in [0.5, 0.6) is 0 Å². The van der Waals surface area contributed by atoms with Gasteiger partial charge in [0.2, 0.25) is 0 Å². The zero-order chi connectivity index (χ0) is 15.7. The maximum absolute atomic E-state index is 4.91. The average molecular weight is 292 g/mol. The standard InChI is InChI=1S/C20H24N2/c1-15(16-10-6-5-7-11-16)22-18-13-9-8-12-17(18)21-19(22)14-20(2,3)4/h5-13,15H,14H2,1-4H3/t15-/m0/s1. The van der Waals surface area contributed by atoms with Gasteiger partial charge in [-0.3, -0.25) is 0 Å². The van der Waals surface area contributed by atoms with Gasteiger partial charge in [0.25, 0.3) is 0 Å². The lowest BCUT2D eigenvalue weighted by molar-refractivity contribution is 0.390. The van der Waals surface area contributed by atoms with Crippen LogP contribution >= 0.6 is 0 Å². The van der Waals surface area contributed by atoms with Gasteiger partial charge < -0.3 is 4.57 Å². The van der Waals surface area contributed by atoms with Gasteiger partial charge in [-0.05, 0) is 30.0 Å². The van der Waals surface area contributed by atoms with Gasteiger partial charge in [-0.1, -0.05) is 63.2 Å². The lowest BCUT2D eigenvalue weighted by Gasteiger charge is -2.22. The summed E-state index contributed by atoms with van der Waals surface area (Å²) in [6.07, 6.45) is 0.971. The van der Waals surface area contributed by atoms with E-state index in [0.717, 1.165) is 11.9 Å². The number of para-hydroxylation sites is 2. The Kier molecular flexibility index (Phi) is 3.78. The van der Waals surface area contributed by atoms with E-state index in [1.54, 1.807) is 0 Å². The number of aromatic nitrogens is 2. The van der Waals surface area contributed by atoms with Gasteiger partial charge in [0, 0.05) is 6.42 Å². The Bertz CT molecular complexity index is 763. The maximum atomic E-state index is 4.91. The predicted octanol–water partition coefficient (Wildman–Crippen LogP) is 5.23. The summed E-state index contributed by atoms with van der Waals surface area (Å²) in [4.78, 5) is 4.91. The minimum atomic E-state index is 0.218. The number of hydrogen-bond acceptors (Lipinski definition) is 1. The summed E-state index contributed by atoms with van der Waals surface area (Å²) in [7, 11) is 0. The molecule has 0 bridgehead atoms. The van der Waals surface area contributed by atoms with Crippen molar-refractivity contribution in [2.45, 2.75) is 40.2 Å². The molecule has 1 heterocycles. The molecule has 0 fully saturated rings. The molecule has 0 saturated heterocycles. The molecule has 0 amide bonds.